The highest BCUT2D eigenvalue weighted by Gasteiger charge is 2.31. The molecule has 73 heavy (non-hydrogen) atoms. The minimum atomic E-state index is -2.05. The highest BCUT2D eigenvalue weighted by molar-refractivity contribution is 7.99. The van der Waals surface area contributed by atoms with Gasteiger partial charge in [0.25, 0.3) is 23.8 Å². The molecule has 2 aromatic heterocycles. The fourth-order valence-electron chi connectivity index (χ4n) is 5.88. The number of carbonyl (C=O) groups excluding carboxylic acids is 9. The van der Waals surface area contributed by atoms with Crippen LogP contribution in [0.25, 0.3) is 0 Å². The first-order chi connectivity index (χ1) is 34.2. The van der Waals surface area contributed by atoms with Crippen molar-refractivity contribution in [2.75, 3.05) is 31.1 Å². The Bertz CT molecular complexity index is 2520. The molecule has 1 unspecified atom stereocenters. The Morgan fingerprint density at radius 2 is 1.10 bits per heavy atom. The first-order valence-electron chi connectivity index (χ1n) is 21.2. The number of benzene rings is 1. The molecule has 31 heteroatoms. The van der Waals surface area contributed by atoms with E-state index in [-0.39, 0.29) is 41.2 Å². The van der Waals surface area contributed by atoms with E-state index in [2.05, 4.69) is 65.1 Å². The second-order valence-electron chi connectivity index (χ2n) is 15.8. The SMILES string of the molecule is CC(=O)N[C@H](Cc1ccc(Oc2c(F)c(F)nc(F)c2F)cc1)C(=O)N[C@@H](CSc1c(F)c(F)nc(F)c1F)C(=O)NCC(=O)NCC(=O)NCC(=O)N[C@@H](CS)C(=O)NC(C)C(=O)N[C@@H](CC(C)C)C(N)=O. The molecule has 5 atom stereocenters. The van der Waals surface area contributed by atoms with Crippen LogP contribution in [-0.4, -0.2) is 124 Å². The molecule has 2 heterocycles. The minimum Gasteiger partial charge on any atom is -0.451 e. The summed E-state index contributed by atoms with van der Waals surface area (Å²) in [6.45, 7) is 3.41. The molecule has 0 aliphatic heterocycles. The van der Waals surface area contributed by atoms with Crippen molar-refractivity contribution in [1.82, 2.24) is 52.5 Å². The number of hydrogen-bond acceptors (Lipinski definition) is 14. The van der Waals surface area contributed by atoms with Gasteiger partial charge in [-0.25, -0.2) is 8.78 Å². The number of hydrogen-bond donors (Lipinski definition) is 10. The number of nitrogens with one attached hydrogen (secondary N) is 8. The predicted molar refractivity (Wildman–Crippen MR) is 242 cm³/mol. The van der Waals surface area contributed by atoms with E-state index in [0.717, 1.165) is 19.1 Å². The molecule has 0 aliphatic carbocycles. The number of thiol groups is 1. The standard InChI is InChI=1S/C42H47F8N11O10S2/c1-16(2)9-21(38(51)66)58-39(67)17(3)55-42(70)23(14-72)57-27(65)13-53-25(63)11-52-26(64)12-54-40(68)24(15-73-33-30(45)36(49)61-37(50)31(33)46)59-41(69)22(56-18(4)62)10-19-5-7-20(8-6-19)71-32-28(43)34(47)60-35(48)29(32)44/h5-8,16-17,21-24,72H,9-15H2,1-4H3,(H2,51,66)(H,52,64)(H,53,63)(H,54,68)(H,55,70)(H,56,62)(H,57,65)(H,58,67)(H,59,69)/t17?,21-,22+,23-,24-/m0/s1. The van der Waals surface area contributed by atoms with Gasteiger partial charge in [-0.3, -0.25) is 43.2 Å². The molecule has 9 amide bonds. The number of ether oxygens (including phenoxy) is 1. The number of pyridine rings is 2. The first kappa shape index (κ1) is 60.0. The molecule has 3 rings (SSSR count). The van der Waals surface area contributed by atoms with Gasteiger partial charge in [-0.1, -0.05) is 26.0 Å². The van der Waals surface area contributed by atoms with E-state index >= 15 is 0 Å². The van der Waals surface area contributed by atoms with E-state index in [4.69, 9.17) is 10.5 Å². The van der Waals surface area contributed by atoms with E-state index in [1.165, 1.54) is 19.1 Å². The molecule has 0 saturated heterocycles. The van der Waals surface area contributed by atoms with Gasteiger partial charge in [0.2, 0.25) is 70.5 Å². The van der Waals surface area contributed by atoms with E-state index in [1.807, 2.05) is 0 Å². The fraction of sp³-hybridized carbons (Fsp3) is 0.405. The van der Waals surface area contributed by atoms with Gasteiger partial charge >= 0.3 is 0 Å². The summed E-state index contributed by atoms with van der Waals surface area (Å²) in [5.41, 5.74) is 5.52. The summed E-state index contributed by atoms with van der Waals surface area (Å²) in [5, 5.41) is 17.9. The molecule has 21 nitrogen and oxygen atoms in total. The third-order valence-electron chi connectivity index (χ3n) is 9.49. The molecular formula is C42H47F8N11O10S2. The predicted octanol–water partition coefficient (Wildman–Crippen LogP) is -0.00990. The zero-order valence-corrected chi connectivity index (χ0v) is 40.4. The molecule has 3 aromatic rings. The lowest BCUT2D eigenvalue weighted by Gasteiger charge is -2.23. The molecule has 0 radical (unpaired) electrons. The molecule has 1 aromatic carbocycles. The summed E-state index contributed by atoms with van der Waals surface area (Å²) >= 11 is 4.01. The Hall–Kier alpha value is -7.31. The Balaban J connectivity index is 1.63. The van der Waals surface area contributed by atoms with Gasteiger partial charge in [0.1, 0.15) is 36.0 Å². The molecule has 0 aliphatic rings. The largest absolute Gasteiger partial charge is 0.451 e. The molecule has 0 fully saturated rings. The van der Waals surface area contributed by atoms with Crippen LogP contribution in [0.3, 0.4) is 0 Å². The van der Waals surface area contributed by atoms with Crippen molar-refractivity contribution in [2.24, 2.45) is 11.7 Å². The monoisotopic (exact) mass is 1080 g/mol. The van der Waals surface area contributed by atoms with Gasteiger partial charge in [-0.05, 0) is 37.0 Å². The fourth-order valence-corrected chi connectivity index (χ4v) is 7.13. The number of rotatable bonds is 26. The highest BCUT2D eigenvalue weighted by atomic mass is 32.2. The van der Waals surface area contributed by atoms with Gasteiger partial charge in [-0.2, -0.15) is 48.9 Å². The normalized spacial score (nSPS) is 13.0. The van der Waals surface area contributed by atoms with Crippen LogP contribution in [0.1, 0.15) is 39.7 Å². The number of nitrogens with two attached hydrogens (primary N) is 1. The van der Waals surface area contributed by atoms with Crippen molar-refractivity contribution in [2.45, 2.75) is 75.6 Å². The molecule has 10 N–H and O–H groups in total. The lowest BCUT2D eigenvalue weighted by Crippen LogP contribution is -2.56. The zero-order chi connectivity index (χ0) is 54.9. The maximum absolute atomic E-state index is 14.5. The third-order valence-corrected chi connectivity index (χ3v) is 11.0. The summed E-state index contributed by atoms with van der Waals surface area (Å²) < 4.78 is 117. The number of carbonyl (C=O) groups is 9. The van der Waals surface area contributed by atoms with Crippen LogP contribution in [0.5, 0.6) is 11.5 Å². The molecule has 0 spiro atoms. The molecule has 398 valence electrons. The molecule has 0 saturated carbocycles. The minimum absolute atomic E-state index is 0.00151. The van der Waals surface area contributed by atoms with Gasteiger partial charge in [0.05, 0.1) is 24.5 Å². The average Bonchev–Trinajstić information content (AvgIpc) is 3.32. The summed E-state index contributed by atoms with van der Waals surface area (Å²) in [4.78, 5) is 117. The molecule has 0 bridgehead atoms. The van der Waals surface area contributed by atoms with Crippen molar-refractivity contribution in [1.29, 1.82) is 0 Å². The van der Waals surface area contributed by atoms with E-state index in [9.17, 15) is 78.3 Å². The number of nitrogens with zero attached hydrogens (tertiary/aromatic N) is 2. The van der Waals surface area contributed by atoms with Crippen molar-refractivity contribution in [3.63, 3.8) is 0 Å². The van der Waals surface area contributed by atoms with Crippen molar-refractivity contribution in [3.8, 4) is 11.5 Å². The smallest absolute Gasteiger partial charge is 0.255 e. The average molecular weight is 1080 g/mol. The maximum Gasteiger partial charge on any atom is 0.255 e. The topological polar surface area (TPSA) is 311 Å². The first-order valence-corrected chi connectivity index (χ1v) is 22.8. The summed E-state index contributed by atoms with van der Waals surface area (Å²) in [5.74, 6) is -27.5. The lowest BCUT2D eigenvalue weighted by molar-refractivity contribution is -0.133. The van der Waals surface area contributed by atoms with Gasteiger partial charge in [0, 0.05) is 24.9 Å². The summed E-state index contributed by atoms with van der Waals surface area (Å²) in [7, 11) is 0. The van der Waals surface area contributed by atoms with E-state index in [1.54, 1.807) is 13.8 Å². The Morgan fingerprint density at radius 3 is 1.60 bits per heavy atom. The number of halogens is 8. The van der Waals surface area contributed by atoms with Gasteiger partial charge < -0.3 is 53.0 Å². The zero-order valence-electron chi connectivity index (χ0n) is 38.7. The summed E-state index contributed by atoms with van der Waals surface area (Å²) in [6.07, 6.45) is -0.185. The lowest BCUT2D eigenvalue weighted by atomic mass is 10.0. The van der Waals surface area contributed by atoms with Crippen LogP contribution in [0, 0.1) is 53.0 Å². The Kier molecular flexibility index (Phi) is 23.1. The van der Waals surface area contributed by atoms with Crippen LogP contribution in [0.15, 0.2) is 29.2 Å². The second-order valence-corrected chi connectivity index (χ2v) is 17.2. The van der Waals surface area contributed by atoms with Crippen molar-refractivity contribution >= 4 is 77.6 Å². The van der Waals surface area contributed by atoms with Crippen LogP contribution in [0.4, 0.5) is 35.1 Å². The quantitative estimate of drug-likeness (QED) is 0.0219. The van der Waals surface area contributed by atoms with Crippen LogP contribution in [-0.2, 0) is 49.6 Å². The second kappa shape index (κ2) is 28.1. The van der Waals surface area contributed by atoms with Crippen LogP contribution < -0.4 is 53.0 Å². The van der Waals surface area contributed by atoms with Gasteiger partial charge in [0.15, 0.2) is 11.6 Å². The van der Waals surface area contributed by atoms with Crippen LogP contribution >= 0.6 is 24.4 Å². The Labute approximate surface area is 418 Å². The van der Waals surface area contributed by atoms with Crippen molar-refractivity contribution in [3.05, 3.63) is 76.9 Å². The van der Waals surface area contributed by atoms with Gasteiger partial charge in [-0.15, -0.1) is 11.8 Å². The number of amides is 9. The van der Waals surface area contributed by atoms with E-state index < -0.39 is 173 Å². The number of primary amides is 1. The Morgan fingerprint density at radius 1 is 0.603 bits per heavy atom. The third kappa shape index (κ3) is 18.7. The van der Waals surface area contributed by atoms with E-state index in [0.29, 0.717) is 0 Å². The maximum atomic E-state index is 14.5. The number of aromatic nitrogens is 2. The molecular weight excluding hydrogens is 1030 g/mol. The summed E-state index contributed by atoms with van der Waals surface area (Å²) in [6, 6.07) is -2.51. The number of thioether (sulfide) groups is 1. The van der Waals surface area contributed by atoms with Crippen LogP contribution in [0.2, 0.25) is 0 Å². The van der Waals surface area contributed by atoms with Crippen molar-refractivity contribution < 1.29 is 83.0 Å². The highest BCUT2D eigenvalue weighted by Crippen LogP contribution is 2.30.